The van der Waals surface area contributed by atoms with E-state index in [2.05, 4.69) is 23.1 Å². The van der Waals surface area contributed by atoms with E-state index in [0.717, 1.165) is 25.8 Å². The van der Waals surface area contributed by atoms with Gasteiger partial charge in [-0.2, -0.15) is 0 Å². The highest BCUT2D eigenvalue weighted by molar-refractivity contribution is 5.79. The van der Waals surface area contributed by atoms with Gasteiger partial charge in [0.25, 0.3) is 0 Å². The molecule has 0 aromatic carbocycles. The van der Waals surface area contributed by atoms with Crippen LogP contribution in [0.1, 0.15) is 52.9 Å². The fourth-order valence-electron chi connectivity index (χ4n) is 3.39. The van der Waals surface area contributed by atoms with Crippen molar-refractivity contribution in [2.24, 2.45) is 11.7 Å². The van der Waals surface area contributed by atoms with Crippen molar-refractivity contribution < 1.29 is 4.79 Å². The summed E-state index contributed by atoms with van der Waals surface area (Å²) in [7, 11) is 0. The average molecular weight is 293 g/mol. The smallest absolute Gasteiger partial charge is 0.235 e. The van der Waals surface area contributed by atoms with Crippen molar-refractivity contribution in [2.75, 3.05) is 19.6 Å². The highest BCUT2D eigenvalue weighted by atomic mass is 16.2. The highest BCUT2D eigenvalue weighted by Crippen LogP contribution is 2.29. The van der Waals surface area contributed by atoms with Crippen molar-refractivity contribution >= 4 is 5.91 Å². The summed E-state index contributed by atoms with van der Waals surface area (Å²) >= 11 is 0. The van der Waals surface area contributed by atoms with Gasteiger partial charge in [0.2, 0.25) is 5.91 Å². The predicted molar refractivity (Wildman–Crippen MR) is 87.7 cm³/mol. The van der Waals surface area contributed by atoms with Crippen LogP contribution in [0.25, 0.3) is 0 Å². The number of nitrogens with zero attached hydrogens (tertiary/aromatic N) is 1. The standard InChI is InChI=1S/C17H31N3O/c1-5-17(6-2,7-3)19-16(21)13-20(8-4)15-11-9-10-14(15)12-18/h1,14-15H,6-13,18H2,2-4H3,(H,19,21). The number of nitrogens with two attached hydrogens (primary N) is 1. The molecule has 1 rings (SSSR count). The second kappa shape index (κ2) is 8.41. The van der Waals surface area contributed by atoms with Crippen molar-refractivity contribution in [3.05, 3.63) is 0 Å². The molecule has 0 bridgehead atoms. The Kier molecular flexibility index (Phi) is 7.21. The topological polar surface area (TPSA) is 58.4 Å². The van der Waals surface area contributed by atoms with Gasteiger partial charge in [-0.15, -0.1) is 6.42 Å². The Morgan fingerprint density at radius 2 is 2.05 bits per heavy atom. The summed E-state index contributed by atoms with van der Waals surface area (Å²) < 4.78 is 0. The number of carbonyl (C=O) groups is 1. The third kappa shape index (κ3) is 4.46. The van der Waals surface area contributed by atoms with Gasteiger partial charge in [0.05, 0.1) is 6.54 Å². The average Bonchev–Trinajstić information content (AvgIpc) is 2.98. The molecule has 2 atom stereocenters. The number of amides is 1. The Labute approximate surface area is 129 Å². The number of nitrogens with one attached hydrogen (secondary N) is 1. The number of carbonyl (C=O) groups excluding carboxylic acids is 1. The molecule has 1 aliphatic rings. The van der Waals surface area contributed by atoms with Crippen molar-refractivity contribution in [1.82, 2.24) is 10.2 Å². The molecule has 1 fully saturated rings. The van der Waals surface area contributed by atoms with E-state index in [-0.39, 0.29) is 5.91 Å². The monoisotopic (exact) mass is 293 g/mol. The minimum atomic E-state index is -0.501. The molecule has 4 nitrogen and oxygen atoms in total. The van der Waals surface area contributed by atoms with E-state index >= 15 is 0 Å². The first-order chi connectivity index (χ1) is 10.1. The Balaban J connectivity index is 2.65. The van der Waals surface area contributed by atoms with Gasteiger partial charge in [-0.1, -0.05) is 33.1 Å². The third-order valence-corrected chi connectivity index (χ3v) is 5.01. The predicted octanol–water partition coefficient (Wildman–Crippen LogP) is 1.74. The molecule has 1 amide bonds. The van der Waals surface area contributed by atoms with Crippen LogP contribution in [0.2, 0.25) is 0 Å². The lowest BCUT2D eigenvalue weighted by Crippen LogP contribution is -2.52. The number of hydrogen-bond donors (Lipinski definition) is 2. The van der Waals surface area contributed by atoms with Crippen molar-refractivity contribution in [1.29, 1.82) is 0 Å². The molecule has 2 unspecified atom stereocenters. The number of hydrogen-bond acceptors (Lipinski definition) is 3. The lowest BCUT2D eigenvalue weighted by atomic mass is 9.94. The first-order valence-electron chi connectivity index (χ1n) is 8.28. The largest absolute Gasteiger partial charge is 0.339 e. The van der Waals surface area contributed by atoms with Crippen LogP contribution < -0.4 is 11.1 Å². The molecule has 0 aliphatic heterocycles. The van der Waals surface area contributed by atoms with Gasteiger partial charge >= 0.3 is 0 Å². The molecular weight excluding hydrogens is 262 g/mol. The van der Waals surface area contributed by atoms with Crippen LogP contribution in [0, 0.1) is 18.3 Å². The molecule has 0 aromatic rings. The quantitative estimate of drug-likeness (QED) is 0.670. The number of terminal acetylenes is 1. The lowest BCUT2D eigenvalue weighted by molar-refractivity contribution is -0.124. The van der Waals surface area contributed by atoms with E-state index in [9.17, 15) is 4.79 Å². The number of likely N-dealkylation sites (N-methyl/N-ethyl adjacent to an activating group) is 1. The van der Waals surface area contributed by atoms with Crippen LogP contribution in [-0.4, -0.2) is 42.0 Å². The molecule has 0 aromatic heterocycles. The maximum Gasteiger partial charge on any atom is 0.235 e. The molecule has 3 N–H and O–H groups in total. The Bertz CT molecular complexity index is 371. The Hall–Kier alpha value is -1.05. The molecule has 120 valence electrons. The molecule has 0 heterocycles. The van der Waals surface area contributed by atoms with Crippen LogP contribution in [0.3, 0.4) is 0 Å². The Morgan fingerprint density at radius 1 is 1.38 bits per heavy atom. The van der Waals surface area contributed by atoms with Gasteiger partial charge in [0.1, 0.15) is 5.54 Å². The van der Waals surface area contributed by atoms with E-state index in [4.69, 9.17) is 12.2 Å². The molecular formula is C17H31N3O. The fourth-order valence-corrected chi connectivity index (χ4v) is 3.39. The van der Waals surface area contributed by atoms with Crippen molar-refractivity contribution in [3.63, 3.8) is 0 Å². The summed E-state index contributed by atoms with van der Waals surface area (Å²) in [5, 5.41) is 3.05. The molecule has 0 radical (unpaired) electrons. The van der Waals surface area contributed by atoms with Crippen LogP contribution in [0.15, 0.2) is 0 Å². The molecule has 1 saturated carbocycles. The second-order valence-corrected chi connectivity index (χ2v) is 6.04. The van der Waals surface area contributed by atoms with E-state index in [1.54, 1.807) is 0 Å². The van der Waals surface area contributed by atoms with Gasteiger partial charge in [-0.25, -0.2) is 0 Å². The third-order valence-electron chi connectivity index (χ3n) is 5.01. The maximum absolute atomic E-state index is 12.4. The molecule has 21 heavy (non-hydrogen) atoms. The van der Waals surface area contributed by atoms with E-state index < -0.39 is 5.54 Å². The zero-order valence-corrected chi connectivity index (χ0v) is 13.8. The first-order valence-corrected chi connectivity index (χ1v) is 8.28. The minimum absolute atomic E-state index is 0.0289. The second-order valence-electron chi connectivity index (χ2n) is 6.04. The van der Waals surface area contributed by atoms with Crippen LogP contribution in [-0.2, 0) is 4.79 Å². The molecule has 1 aliphatic carbocycles. The van der Waals surface area contributed by atoms with E-state index in [1.807, 2.05) is 13.8 Å². The molecule has 0 spiro atoms. The first kappa shape index (κ1) is 18.0. The zero-order chi connectivity index (χ0) is 15.9. The highest BCUT2D eigenvalue weighted by Gasteiger charge is 2.32. The summed E-state index contributed by atoms with van der Waals surface area (Å²) in [6, 6.07) is 0.439. The van der Waals surface area contributed by atoms with Crippen LogP contribution in [0.4, 0.5) is 0 Å². The fraction of sp³-hybridized carbons (Fsp3) is 0.824. The zero-order valence-electron chi connectivity index (χ0n) is 13.8. The van der Waals surface area contributed by atoms with Gasteiger partial charge in [0.15, 0.2) is 0 Å². The van der Waals surface area contributed by atoms with Gasteiger partial charge in [-0.05, 0) is 44.7 Å². The summed E-state index contributed by atoms with van der Waals surface area (Å²) in [5.74, 6) is 3.31. The molecule has 4 heteroatoms. The van der Waals surface area contributed by atoms with Gasteiger partial charge in [-0.3, -0.25) is 9.69 Å². The Morgan fingerprint density at radius 3 is 2.52 bits per heavy atom. The summed E-state index contributed by atoms with van der Waals surface area (Å²) in [4.78, 5) is 14.6. The minimum Gasteiger partial charge on any atom is -0.339 e. The van der Waals surface area contributed by atoms with Crippen LogP contribution in [0.5, 0.6) is 0 Å². The lowest BCUT2D eigenvalue weighted by Gasteiger charge is -2.33. The van der Waals surface area contributed by atoms with Crippen LogP contribution >= 0.6 is 0 Å². The summed E-state index contributed by atoms with van der Waals surface area (Å²) in [6.45, 7) is 8.14. The van der Waals surface area contributed by atoms with Crippen molar-refractivity contribution in [3.8, 4) is 12.3 Å². The van der Waals surface area contributed by atoms with Crippen molar-refractivity contribution in [2.45, 2.75) is 64.5 Å². The SMILES string of the molecule is C#CC(CC)(CC)NC(=O)CN(CC)C1CCCC1CN. The summed E-state index contributed by atoms with van der Waals surface area (Å²) in [5.41, 5.74) is 5.36. The van der Waals surface area contributed by atoms with E-state index in [0.29, 0.717) is 25.0 Å². The van der Waals surface area contributed by atoms with E-state index in [1.165, 1.54) is 12.8 Å². The summed E-state index contributed by atoms with van der Waals surface area (Å²) in [6.07, 6.45) is 10.7. The normalized spacial score (nSPS) is 22.3. The molecule has 0 saturated heterocycles. The van der Waals surface area contributed by atoms with Gasteiger partial charge in [0, 0.05) is 6.04 Å². The maximum atomic E-state index is 12.4. The number of rotatable bonds is 8. The van der Waals surface area contributed by atoms with Gasteiger partial charge < -0.3 is 11.1 Å².